The number of methoxy groups -OCH3 is 1. The number of halogens is 1. The Kier molecular flexibility index (Phi) is 7.11. The van der Waals surface area contributed by atoms with Gasteiger partial charge in [0.1, 0.15) is 0 Å². The summed E-state index contributed by atoms with van der Waals surface area (Å²) in [7, 11) is 1.52. The number of hydrogen-bond acceptors (Lipinski definition) is 6. The van der Waals surface area contributed by atoms with Gasteiger partial charge in [0.25, 0.3) is 0 Å². The largest absolute Gasteiger partial charge is 0.504 e. The van der Waals surface area contributed by atoms with Crippen molar-refractivity contribution in [3.63, 3.8) is 0 Å². The van der Waals surface area contributed by atoms with Crippen LogP contribution in [0.3, 0.4) is 0 Å². The molecule has 0 amide bonds. The summed E-state index contributed by atoms with van der Waals surface area (Å²) in [6.45, 7) is 2.10. The molecule has 28 heavy (non-hydrogen) atoms. The molecule has 0 atom stereocenters. The molecule has 2 aromatic carbocycles. The summed E-state index contributed by atoms with van der Waals surface area (Å²) in [4.78, 5) is 0. The normalized spacial score (nSPS) is 11.2. The summed E-state index contributed by atoms with van der Waals surface area (Å²) >= 11 is 5.04. The number of aryl methyl sites for hydroxylation is 1. The number of aromatic hydroxyl groups is 1. The molecule has 146 valence electrons. The maximum Gasteiger partial charge on any atom is 0.212 e. The third-order valence-corrected chi connectivity index (χ3v) is 5.48. The second-order valence-electron chi connectivity index (χ2n) is 6.05. The Labute approximate surface area is 176 Å². The van der Waals surface area contributed by atoms with Crippen molar-refractivity contribution in [1.29, 1.82) is 0 Å². The van der Waals surface area contributed by atoms with Crippen LogP contribution in [0.15, 0.2) is 57.2 Å². The standard InChI is InChI=1S/C20H21BrN4O2S/c1-3-4-19-23-24-20(28-13-14-5-8-16(21)9-6-14)25(19)22-12-15-7-10-18(27-2)17(26)11-15/h5-12,26H,3-4,13H2,1-2H3/b22-12+. The van der Waals surface area contributed by atoms with Gasteiger partial charge in [-0.1, -0.05) is 46.7 Å². The highest BCUT2D eigenvalue weighted by atomic mass is 79.9. The highest BCUT2D eigenvalue weighted by Crippen LogP contribution is 2.26. The van der Waals surface area contributed by atoms with Crippen molar-refractivity contribution < 1.29 is 9.84 Å². The molecule has 6 nitrogen and oxygen atoms in total. The molecular formula is C20H21BrN4O2S. The zero-order valence-corrected chi connectivity index (χ0v) is 18.1. The third-order valence-electron chi connectivity index (χ3n) is 3.96. The van der Waals surface area contributed by atoms with E-state index < -0.39 is 0 Å². The van der Waals surface area contributed by atoms with Crippen LogP contribution in [0.5, 0.6) is 11.5 Å². The van der Waals surface area contributed by atoms with E-state index in [9.17, 15) is 5.11 Å². The zero-order chi connectivity index (χ0) is 19.9. The monoisotopic (exact) mass is 460 g/mol. The minimum atomic E-state index is 0.0776. The van der Waals surface area contributed by atoms with E-state index in [0.717, 1.165) is 39.6 Å². The SMILES string of the molecule is CCCc1nnc(SCc2ccc(Br)cc2)n1/N=C/c1ccc(OC)c(O)c1. The van der Waals surface area contributed by atoms with Crippen LogP contribution in [0.4, 0.5) is 0 Å². The summed E-state index contributed by atoms with van der Waals surface area (Å²) in [6, 6.07) is 13.4. The molecule has 0 fully saturated rings. The molecule has 8 heteroatoms. The van der Waals surface area contributed by atoms with E-state index in [1.807, 2.05) is 18.2 Å². The van der Waals surface area contributed by atoms with Gasteiger partial charge in [0.05, 0.1) is 13.3 Å². The first-order valence-electron chi connectivity index (χ1n) is 8.83. The van der Waals surface area contributed by atoms with Crippen molar-refractivity contribution in [2.45, 2.75) is 30.7 Å². The van der Waals surface area contributed by atoms with E-state index in [1.54, 1.807) is 34.8 Å². The molecule has 3 rings (SSSR count). The molecule has 0 saturated carbocycles. The molecule has 0 aliphatic carbocycles. The highest BCUT2D eigenvalue weighted by Gasteiger charge is 2.12. The van der Waals surface area contributed by atoms with Crippen LogP contribution in [0, 0.1) is 0 Å². The summed E-state index contributed by atoms with van der Waals surface area (Å²) < 4.78 is 7.91. The number of phenols is 1. The maximum absolute atomic E-state index is 9.95. The molecule has 3 aromatic rings. The van der Waals surface area contributed by atoms with Gasteiger partial charge in [0.15, 0.2) is 17.3 Å². The van der Waals surface area contributed by atoms with Crippen LogP contribution in [-0.4, -0.2) is 33.3 Å². The Balaban J connectivity index is 1.80. The lowest BCUT2D eigenvalue weighted by Gasteiger charge is -2.05. The number of thioether (sulfide) groups is 1. The van der Waals surface area contributed by atoms with Gasteiger partial charge in [0, 0.05) is 16.6 Å². The van der Waals surface area contributed by atoms with E-state index in [4.69, 9.17) is 4.74 Å². The molecule has 0 saturated heterocycles. The molecule has 0 aliphatic rings. The van der Waals surface area contributed by atoms with Crippen molar-refractivity contribution in [2.75, 3.05) is 7.11 Å². The fraction of sp³-hybridized carbons (Fsp3) is 0.250. The number of aromatic nitrogens is 3. The van der Waals surface area contributed by atoms with Gasteiger partial charge in [0.2, 0.25) is 5.16 Å². The molecule has 0 spiro atoms. The number of rotatable bonds is 8. The van der Waals surface area contributed by atoms with E-state index in [2.05, 4.69) is 50.3 Å². The molecule has 1 aromatic heterocycles. The average Bonchev–Trinajstić information content (AvgIpc) is 3.08. The van der Waals surface area contributed by atoms with Gasteiger partial charge in [-0.05, 0) is 47.9 Å². The maximum atomic E-state index is 9.95. The number of nitrogens with zero attached hydrogens (tertiary/aromatic N) is 4. The Morgan fingerprint density at radius 2 is 2.00 bits per heavy atom. The van der Waals surface area contributed by atoms with Gasteiger partial charge in [-0.3, -0.25) is 0 Å². The molecule has 0 bridgehead atoms. The van der Waals surface area contributed by atoms with Gasteiger partial charge in [-0.15, -0.1) is 10.2 Å². The van der Waals surface area contributed by atoms with Crippen molar-refractivity contribution in [3.8, 4) is 11.5 Å². The Hall–Kier alpha value is -2.32. The minimum Gasteiger partial charge on any atom is -0.504 e. The summed E-state index contributed by atoms with van der Waals surface area (Å²) in [5.41, 5.74) is 1.96. The van der Waals surface area contributed by atoms with E-state index in [0.29, 0.717) is 5.75 Å². The van der Waals surface area contributed by atoms with Crippen molar-refractivity contribution in [2.24, 2.45) is 5.10 Å². The smallest absolute Gasteiger partial charge is 0.212 e. The van der Waals surface area contributed by atoms with E-state index in [-0.39, 0.29) is 5.75 Å². The third kappa shape index (κ3) is 5.14. The Bertz CT molecular complexity index is 957. The van der Waals surface area contributed by atoms with Crippen LogP contribution in [-0.2, 0) is 12.2 Å². The molecule has 1 heterocycles. The lowest BCUT2D eigenvalue weighted by Crippen LogP contribution is -2.00. The summed E-state index contributed by atoms with van der Waals surface area (Å²) in [5.74, 6) is 2.10. The van der Waals surface area contributed by atoms with Gasteiger partial charge in [-0.2, -0.15) is 9.78 Å². The number of ether oxygens (including phenoxy) is 1. The van der Waals surface area contributed by atoms with E-state index in [1.165, 1.54) is 12.7 Å². The Morgan fingerprint density at radius 1 is 1.21 bits per heavy atom. The lowest BCUT2D eigenvalue weighted by atomic mass is 10.2. The van der Waals surface area contributed by atoms with Gasteiger partial charge in [-0.25, -0.2) is 0 Å². The van der Waals surface area contributed by atoms with Crippen LogP contribution in [0.2, 0.25) is 0 Å². The number of phenolic OH excluding ortho intramolecular Hbond substituents is 1. The Morgan fingerprint density at radius 3 is 2.68 bits per heavy atom. The summed E-state index contributed by atoms with van der Waals surface area (Å²) in [5, 5.41) is 23.8. The van der Waals surface area contributed by atoms with Crippen molar-refractivity contribution in [3.05, 3.63) is 63.9 Å². The predicted molar refractivity (Wildman–Crippen MR) is 115 cm³/mol. The van der Waals surface area contributed by atoms with Crippen LogP contribution >= 0.6 is 27.7 Å². The van der Waals surface area contributed by atoms with E-state index >= 15 is 0 Å². The topological polar surface area (TPSA) is 72.5 Å². The van der Waals surface area contributed by atoms with Crippen LogP contribution in [0.25, 0.3) is 0 Å². The quantitative estimate of drug-likeness (QED) is 0.382. The fourth-order valence-electron chi connectivity index (χ4n) is 2.52. The average molecular weight is 461 g/mol. The molecule has 1 N–H and O–H groups in total. The number of benzene rings is 2. The molecular weight excluding hydrogens is 440 g/mol. The number of hydrogen-bond donors (Lipinski definition) is 1. The van der Waals surface area contributed by atoms with Crippen molar-refractivity contribution >= 4 is 33.9 Å². The first kappa shape index (κ1) is 20.4. The summed E-state index contributed by atoms with van der Waals surface area (Å²) in [6.07, 6.45) is 3.43. The first-order valence-corrected chi connectivity index (χ1v) is 10.6. The molecule has 0 unspecified atom stereocenters. The van der Waals surface area contributed by atoms with Gasteiger partial charge >= 0.3 is 0 Å². The first-order chi connectivity index (χ1) is 13.6. The van der Waals surface area contributed by atoms with Crippen LogP contribution < -0.4 is 4.74 Å². The molecule has 0 radical (unpaired) electrons. The minimum absolute atomic E-state index is 0.0776. The fourth-order valence-corrected chi connectivity index (χ4v) is 3.65. The van der Waals surface area contributed by atoms with Crippen LogP contribution in [0.1, 0.15) is 30.3 Å². The second kappa shape index (κ2) is 9.75. The predicted octanol–water partition coefficient (Wildman–Crippen LogP) is 4.88. The lowest BCUT2D eigenvalue weighted by molar-refractivity contribution is 0.373. The second-order valence-corrected chi connectivity index (χ2v) is 7.91. The highest BCUT2D eigenvalue weighted by molar-refractivity contribution is 9.10. The zero-order valence-electron chi connectivity index (χ0n) is 15.7. The van der Waals surface area contributed by atoms with Gasteiger partial charge < -0.3 is 9.84 Å². The molecule has 0 aliphatic heterocycles. The van der Waals surface area contributed by atoms with Crippen molar-refractivity contribution in [1.82, 2.24) is 14.9 Å².